The van der Waals surface area contributed by atoms with Gasteiger partial charge < -0.3 is 5.73 Å². The van der Waals surface area contributed by atoms with Crippen LogP contribution < -0.4 is 10.0 Å². The van der Waals surface area contributed by atoms with Crippen molar-refractivity contribution in [3.8, 4) is 0 Å². The maximum absolute atomic E-state index is 13.4. The molecule has 1 saturated carbocycles. The number of benzene rings is 1. The van der Waals surface area contributed by atoms with E-state index < -0.39 is 33.7 Å². The van der Waals surface area contributed by atoms with E-state index in [-0.39, 0.29) is 21.4 Å². The fourth-order valence-electron chi connectivity index (χ4n) is 3.13. The van der Waals surface area contributed by atoms with Gasteiger partial charge in [0, 0.05) is 10.9 Å². The Morgan fingerprint density at radius 3 is 2.43 bits per heavy atom. The van der Waals surface area contributed by atoms with Crippen LogP contribution in [0.15, 0.2) is 35.2 Å². The summed E-state index contributed by atoms with van der Waals surface area (Å²) in [5.41, 5.74) is 4.27. The van der Waals surface area contributed by atoms with E-state index in [1.165, 1.54) is 25.1 Å². The third kappa shape index (κ3) is 3.88. The lowest BCUT2D eigenvalue weighted by atomic mass is 10.1. The molecule has 5 nitrogen and oxygen atoms in total. The van der Waals surface area contributed by atoms with Gasteiger partial charge in [-0.1, -0.05) is 6.07 Å². The van der Waals surface area contributed by atoms with E-state index in [2.05, 4.69) is 0 Å². The molecule has 0 radical (unpaired) electrons. The molecule has 1 aromatic carbocycles. The minimum absolute atomic E-state index is 0.0551. The number of nitrogens with zero attached hydrogens (tertiary/aromatic N) is 1. The number of primary amides is 1. The lowest BCUT2D eigenvalue weighted by Crippen LogP contribution is -2.40. The van der Waals surface area contributed by atoms with Crippen LogP contribution in [0.5, 0.6) is 0 Å². The van der Waals surface area contributed by atoms with E-state index in [4.69, 9.17) is 5.73 Å². The van der Waals surface area contributed by atoms with Crippen LogP contribution >= 0.6 is 11.3 Å². The third-order valence-corrected chi connectivity index (χ3v) is 7.99. The Bertz CT molecular complexity index is 1010. The molecule has 2 N–H and O–H groups in total. The molecule has 1 aliphatic rings. The number of amides is 1. The molecule has 1 amide bonds. The number of carbonyl (C=O) groups is 1. The molecule has 0 saturated heterocycles. The first-order chi connectivity index (χ1) is 12.9. The number of thiophene rings is 1. The molecular weight excluding hydrogens is 413 g/mol. The van der Waals surface area contributed by atoms with Gasteiger partial charge in [-0.2, -0.15) is 13.2 Å². The molecule has 10 heteroatoms. The minimum atomic E-state index is -4.59. The number of anilines is 1. The van der Waals surface area contributed by atoms with Gasteiger partial charge in [-0.3, -0.25) is 9.10 Å². The van der Waals surface area contributed by atoms with Gasteiger partial charge in [0.1, 0.15) is 4.90 Å². The van der Waals surface area contributed by atoms with Crippen molar-refractivity contribution in [2.75, 3.05) is 4.31 Å². The summed E-state index contributed by atoms with van der Waals surface area (Å²) in [5, 5.41) is 0. The molecule has 1 fully saturated rings. The highest BCUT2D eigenvalue weighted by molar-refractivity contribution is 7.93. The molecule has 1 aliphatic carbocycles. The van der Waals surface area contributed by atoms with Gasteiger partial charge in [-0.05, 0) is 56.9 Å². The molecule has 2 aromatic rings. The molecule has 152 valence electrons. The van der Waals surface area contributed by atoms with Crippen molar-refractivity contribution in [3.63, 3.8) is 0 Å². The van der Waals surface area contributed by atoms with Crippen LogP contribution in [0.1, 0.15) is 39.9 Å². The highest BCUT2D eigenvalue weighted by Gasteiger charge is 2.40. The van der Waals surface area contributed by atoms with E-state index in [1.807, 2.05) is 0 Å². The van der Waals surface area contributed by atoms with Gasteiger partial charge in [-0.25, -0.2) is 8.42 Å². The van der Waals surface area contributed by atoms with Crippen molar-refractivity contribution >= 4 is 33.0 Å². The van der Waals surface area contributed by atoms with E-state index >= 15 is 0 Å². The molecule has 0 unspecified atom stereocenters. The van der Waals surface area contributed by atoms with E-state index in [0.717, 1.165) is 40.6 Å². The van der Waals surface area contributed by atoms with E-state index in [1.54, 1.807) is 6.92 Å². The predicted molar refractivity (Wildman–Crippen MR) is 101 cm³/mol. The van der Waals surface area contributed by atoms with Crippen molar-refractivity contribution in [1.82, 2.24) is 0 Å². The van der Waals surface area contributed by atoms with Gasteiger partial charge >= 0.3 is 6.18 Å². The quantitative estimate of drug-likeness (QED) is 0.744. The number of hydrogen-bond donors (Lipinski definition) is 1. The Balaban J connectivity index is 2.14. The average Bonchev–Trinajstić information content (AvgIpc) is 3.36. The lowest BCUT2D eigenvalue weighted by molar-refractivity contribution is -0.137. The number of nitrogens with two attached hydrogens (primary N) is 1. The fraction of sp³-hybridized carbons (Fsp3) is 0.389. The zero-order chi connectivity index (χ0) is 20.9. The average molecular weight is 432 g/mol. The maximum atomic E-state index is 13.4. The molecule has 1 atom stereocenters. The summed E-state index contributed by atoms with van der Waals surface area (Å²) in [6, 6.07) is 4.95. The number of sulfonamides is 1. The summed E-state index contributed by atoms with van der Waals surface area (Å²) in [7, 11) is -4.20. The smallest absolute Gasteiger partial charge is 0.365 e. The highest BCUT2D eigenvalue weighted by atomic mass is 32.2. The normalized spacial score (nSPS) is 16.0. The van der Waals surface area contributed by atoms with E-state index in [9.17, 15) is 26.4 Å². The number of rotatable bonds is 6. The Kier molecular flexibility index (Phi) is 5.22. The predicted octanol–water partition coefficient (Wildman–Crippen LogP) is 4.17. The first-order valence-corrected chi connectivity index (χ1v) is 10.8. The second-order valence-electron chi connectivity index (χ2n) is 6.82. The zero-order valence-corrected chi connectivity index (χ0v) is 16.8. The summed E-state index contributed by atoms with van der Waals surface area (Å²) in [6.07, 6.45) is -2.98. The van der Waals surface area contributed by atoms with Crippen LogP contribution in [0.4, 0.5) is 18.9 Å². The second kappa shape index (κ2) is 7.07. The van der Waals surface area contributed by atoms with Gasteiger partial charge in [0.25, 0.3) is 15.9 Å². The van der Waals surface area contributed by atoms with Crippen LogP contribution in [0.2, 0.25) is 0 Å². The number of hydrogen-bond acceptors (Lipinski definition) is 4. The topological polar surface area (TPSA) is 80.5 Å². The Hall–Kier alpha value is -2.07. The molecule has 1 aromatic heterocycles. The standard InChI is InChI=1S/C18H19F3N2O3S2/c1-10(12-6-7-12)23(14-5-3-4-13(8-14)18(19,20)21)28(25,26)16-9-15(17(22)24)27-11(16)2/h3-5,8-10,12H,6-7H2,1-2H3,(H2,22,24)/t10-/m0/s1. The van der Waals surface area contributed by atoms with Crippen LogP contribution in [-0.4, -0.2) is 20.4 Å². The van der Waals surface area contributed by atoms with Gasteiger partial charge in [0.15, 0.2) is 0 Å². The van der Waals surface area contributed by atoms with Crippen molar-refractivity contribution < 1.29 is 26.4 Å². The van der Waals surface area contributed by atoms with Crippen LogP contribution in [-0.2, 0) is 16.2 Å². The summed E-state index contributed by atoms with van der Waals surface area (Å²) in [4.78, 5) is 11.8. The van der Waals surface area contributed by atoms with Crippen LogP contribution in [0.3, 0.4) is 0 Å². The molecule has 28 heavy (non-hydrogen) atoms. The monoisotopic (exact) mass is 432 g/mol. The summed E-state index contributed by atoms with van der Waals surface area (Å²) >= 11 is 0.945. The van der Waals surface area contributed by atoms with E-state index in [0.29, 0.717) is 4.88 Å². The van der Waals surface area contributed by atoms with Crippen molar-refractivity contribution in [2.45, 2.75) is 43.8 Å². The SMILES string of the molecule is Cc1sc(C(N)=O)cc1S(=O)(=O)N(c1cccc(C(F)(F)F)c1)[C@@H](C)C1CC1. The van der Waals surface area contributed by atoms with Crippen molar-refractivity contribution in [2.24, 2.45) is 11.7 Å². The number of carbonyl (C=O) groups excluding carboxylic acids is 1. The van der Waals surface area contributed by atoms with Crippen molar-refractivity contribution in [1.29, 1.82) is 0 Å². The molecule has 0 aliphatic heterocycles. The second-order valence-corrected chi connectivity index (χ2v) is 9.86. The van der Waals surface area contributed by atoms with Gasteiger partial charge in [0.2, 0.25) is 0 Å². The maximum Gasteiger partial charge on any atom is 0.416 e. The molecule has 0 bridgehead atoms. The third-order valence-electron chi connectivity index (χ3n) is 4.75. The zero-order valence-electron chi connectivity index (χ0n) is 15.2. The van der Waals surface area contributed by atoms with Crippen LogP contribution in [0.25, 0.3) is 0 Å². The molecular formula is C18H19F3N2O3S2. The van der Waals surface area contributed by atoms with Crippen LogP contribution in [0, 0.1) is 12.8 Å². The first kappa shape index (κ1) is 20.7. The Labute approximate surface area is 165 Å². The first-order valence-electron chi connectivity index (χ1n) is 8.55. The largest absolute Gasteiger partial charge is 0.416 e. The molecule has 3 rings (SSSR count). The molecule has 1 heterocycles. The number of aryl methyl sites for hydroxylation is 1. The Morgan fingerprint density at radius 2 is 1.93 bits per heavy atom. The minimum Gasteiger partial charge on any atom is -0.365 e. The summed E-state index contributed by atoms with van der Waals surface area (Å²) in [5.74, 6) is -0.686. The Morgan fingerprint density at radius 1 is 1.29 bits per heavy atom. The van der Waals surface area contributed by atoms with Gasteiger partial charge in [-0.15, -0.1) is 11.3 Å². The molecule has 0 spiro atoms. The number of alkyl halides is 3. The van der Waals surface area contributed by atoms with Crippen molar-refractivity contribution in [3.05, 3.63) is 45.6 Å². The highest BCUT2D eigenvalue weighted by Crippen LogP contribution is 2.42. The number of halogens is 3. The summed E-state index contributed by atoms with van der Waals surface area (Å²) in [6.45, 7) is 3.22. The van der Waals surface area contributed by atoms with Gasteiger partial charge in [0.05, 0.1) is 16.1 Å². The summed E-state index contributed by atoms with van der Waals surface area (Å²) < 4.78 is 67.4. The fourth-order valence-corrected chi connectivity index (χ4v) is 6.26. The lowest BCUT2D eigenvalue weighted by Gasteiger charge is -2.31.